The summed E-state index contributed by atoms with van der Waals surface area (Å²) in [5.41, 5.74) is 5.38. The first kappa shape index (κ1) is 17.1. The molecule has 0 atom stereocenters. The summed E-state index contributed by atoms with van der Waals surface area (Å²) in [7, 11) is 0. The van der Waals surface area contributed by atoms with E-state index in [9.17, 15) is 19.7 Å². The van der Waals surface area contributed by atoms with Gasteiger partial charge in [0.2, 0.25) is 0 Å². The fraction of sp³-hybridized carbons (Fsp3) is 0.294. The lowest BCUT2D eigenvalue weighted by Crippen LogP contribution is -2.41. The molecule has 7 nitrogen and oxygen atoms in total. The number of rotatable bonds is 3. The van der Waals surface area contributed by atoms with Gasteiger partial charge in [0.25, 0.3) is 17.5 Å². The van der Waals surface area contributed by atoms with Crippen LogP contribution in [0.3, 0.4) is 0 Å². The van der Waals surface area contributed by atoms with Crippen molar-refractivity contribution in [2.45, 2.75) is 32.1 Å². The molecule has 0 saturated heterocycles. The van der Waals surface area contributed by atoms with Crippen molar-refractivity contribution in [3.63, 3.8) is 0 Å². The Bertz CT molecular complexity index is 808. The van der Waals surface area contributed by atoms with Crippen LogP contribution in [-0.2, 0) is 12.8 Å². The molecule has 1 aromatic carbocycles. The van der Waals surface area contributed by atoms with Crippen LogP contribution in [0.25, 0.3) is 0 Å². The Hall–Kier alpha value is -2.74. The number of nitrogens with one attached hydrogen (secondary N) is 2. The fourth-order valence-corrected chi connectivity index (χ4v) is 4.00. The molecule has 1 heterocycles. The average Bonchev–Trinajstić information content (AvgIpc) is 2.90. The summed E-state index contributed by atoms with van der Waals surface area (Å²) >= 11 is 1.44. The molecule has 8 heteroatoms. The number of hydrogen-bond donors (Lipinski definition) is 2. The zero-order valence-electron chi connectivity index (χ0n) is 13.4. The summed E-state index contributed by atoms with van der Waals surface area (Å²) in [5.74, 6) is -1.14. The third kappa shape index (κ3) is 3.85. The molecule has 2 N–H and O–H groups in total. The zero-order valence-corrected chi connectivity index (χ0v) is 14.2. The highest BCUT2D eigenvalue weighted by atomic mass is 32.1. The molecular weight excluding hydrogens is 342 g/mol. The second-order valence-corrected chi connectivity index (χ2v) is 6.94. The number of nitrogens with zero attached hydrogens (tertiary/aromatic N) is 1. The average molecular weight is 359 g/mol. The number of hydrazine groups is 1. The Balaban J connectivity index is 1.67. The summed E-state index contributed by atoms with van der Waals surface area (Å²) in [6.45, 7) is 0. The Labute approximate surface area is 148 Å². The topological polar surface area (TPSA) is 101 Å². The standard InChI is InChI=1S/C17H17N3O4S/c21-16(12-7-4-5-8-13(12)20(23)24)18-19-17(22)15-10-11-6-2-1-3-9-14(11)25-15/h4-5,7-8,10H,1-3,6,9H2,(H,18,21)(H,19,22). The molecule has 0 radical (unpaired) electrons. The summed E-state index contributed by atoms with van der Waals surface area (Å²) in [6, 6.07) is 7.46. The lowest BCUT2D eigenvalue weighted by Gasteiger charge is -2.06. The smallest absolute Gasteiger partial charge is 0.267 e. The molecule has 2 aromatic rings. The number of nitro benzene ring substituents is 1. The molecule has 0 saturated carbocycles. The molecule has 0 fully saturated rings. The zero-order chi connectivity index (χ0) is 17.8. The molecule has 1 aromatic heterocycles. The molecule has 0 spiro atoms. The van der Waals surface area contributed by atoms with Crippen LogP contribution in [0.5, 0.6) is 0 Å². The van der Waals surface area contributed by atoms with Gasteiger partial charge in [0.1, 0.15) is 5.56 Å². The van der Waals surface area contributed by atoms with Crippen LogP contribution in [-0.4, -0.2) is 16.7 Å². The van der Waals surface area contributed by atoms with Crippen LogP contribution >= 0.6 is 11.3 Å². The minimum absolute atomic E-state index is 0.102. The lowest BCUT2D eigenvalue weighted by molar-refractivity contribution is -0.385. The van der Waals surface area contributed by atoms with Gasteiger partial charge in [0, 0.05) is 10.9 Å². The van der Waals surface area contributed by atoms with E-state index in [4.69, 9.17) is 0 Å². The maximum absolute atomic E-state index is 12.3. The van der Waals surface area contributed by atoms with Gasteiger partial charge in [0.05, 0.1) is 9.80 Å². The second kappa shape index (κ2) is 7.43. The number of benzene rings is 1. The molecule has 1 aliphatic rings. The summed E-state index contributed by atoms with van der Waals surface area (Å²) in [6.07, 6.45) is 5.41. The van der Waals surface area contributed by atoms with Crippen molar-refractivity contribution < 1.29 is 14.5 Å². The van der Waals surface area contributed by atoms with E-state index >= 15 is 0 Å². The van der Waals surface area contributed by atoms with Crippen LogP contribution in [0, 0.1) is 10.1 Å². The minimum Gasteiger partial charge on any atom is -0.267 e. The Morgan fingerprint density at radius 2 is 1.76 bits per heavy atom. The highest BCUT2D eigenvalue weighted by Crippen LogP contribution is 2.28. The van der Waals surface area contributed by atoms with Gasteiger partial charge in [-0.15, -0.1) is 11.3 Å². The van der Waals surface area contributed by atoms with Gasteiger partial charge in [-0.05, 0) is 43.4 Å². The van der Waals surface area contributed by atoms with Crippen molar-refractivity contribution in [2.24, 2.45) is 0 Å². The van der Waals surface area contributed by atoms with E-state index in [1.807, 2.05) is 6.07 Å². The number of nitro groups is 1. The molecule has 25 heavy (non-hydrogen) atoms. The Kier molecular flexibility index (Phi) is 5.08. The lowest BCUT2D eigenvalue weighted by atomic mass is 10.1. The summed E-state index contributed by atoms with van der Waals surface area (Å²) in [5, 5.41) is 11.0. The number of amides is 2. The van der Waals surface area contributed by atoms with E-state index in [2.05, 4.69) is 10.9 Å². The van der Waals surface area contributed by atoms with Gasteiger partial charge in [0.15, 0.2) is 0 Å². The summed E-state index contributed by atoms with van der Waals surface area (Å²) in [4.78, 5) is 36.5. The first-order valence-electron chi connectivity index (χ1n) is 8.02. The van der Waals surface area contributed by atoms with Crippen molar-refractivity contribution >= 4 is 28.8 Å². The van der Waals surface area contributed by atoms with Crippen molar-refractivity contribution in [2.75, 3.05) is 0 Å². The van der Waals surface area contributed by atoms with Crippen molar-refractivity contribution in [3.05, 3.63) is 61.3 Å². The van der Waals surface area contributed by atoms with E-state index in [0.29, 0.717) is 4.88 Å². The first-order valence-corrected chi connectivity index (χ1v) is 8.83. The normalized spacial score (nSPS) is 13.4. The molecule has 0 bridgehead atoms. The van der Waals surface area contributed by atoms with Crippen molar-refractivity contribution in [3.8, 4) is 0 Å². The number of aryl methyl sites for hydroxylation is 2. The van der Waals surface area contributed by atoms with E-state index in [1.165, 1.54) is 52.5 Å². The predicted molar refractivity (Wildman–Crippen MR) is 93.6 cm³/mol. The van der Waals surface area contributed by atoms with Gasteiger partial charge in [-0.2, -0.15) is 0 Å². The van der Waals surface area contributed by atoms with Gasteiger partial charge in [-0.1, -0.05) is 18.6 Å². The molecule has 1 aliphatic carbocycles. The summed E-state index contributed by atoms with van der Waals surface area (Å²) < 4.78 is 0. The van der Waals surface area contributed by atoms with Crippen LogP contribution < -0.4 is 10.9 Å². The highest BCUT2D eigenvalue weighted by molar-refractivity contribution is 7.14. The Morgan fingerprint density at radius 3 is 2.56 bits per heavy atom. The SMILES string of the molecule is O=C(NNC(=O)c1ccccc1[N+](=O)[O-])c1cc2c(s1)CCCCC2. The number of para-hydroxylation sites is 1. The maximum Gasteiger partial charge on any atom is 0.282 e. The third-order valence-corrected chi connectivity index (χ3v) is 5.34. The molecule has 3 rings (SSSR count). The molecule has 2 amide bonds. The monoisotopic (exact) mass is 359 g/mol. The van der Waals surface area contributed by atoms with Gasteiger partial charge in [-0.3, -0.25) is 30.6 Å². The van der Waals surface area contributed by atoms with E-state index in [-0.39, 0.29) is 11.3 Å². The quantitative estimate of drug-likeness (QED) is 0.500. The van der Waals surface area contributed by atoms with E-state index in [1.54, 1.807) is 0 Å². The second-order valence-electron chi connectivity index (χ2n) is 5.80. The van der Waals surface area contributed by atoms with Crippen molar-refractivity contribution in [1.29, 1.82) is 0 Å². The number of carbonyl (C=O) groups is 2. The van der Waals surface area contributed by atoms with Crippen LogP contribution in [0.4, 0.5) is 5.69 Å². The number of fused-ring (bicyclic) bond motifs is 1. The van der Waals surface area contributed by atoms with Crippen LogP contribution in [0.2, 0.25) is 0 Å². The third-order valence-electron chi connectivity index (χ3n) is 4.11. The maximum atomic E-state index is 12.3. The van der Waals surface area contributed by atoms with Crippen molar-refractivity contribution in [1.82, 2.24) is 10.9 Å². The van der Waals surface area contributed by atoms with Crippen LogP contribution in [0.1, 0.15) is 49.7 Å². The molecular formula is C17H17N3O4S. The van der Waals surface area contributed by atoms with E-state index < -0.39 is 16.7 Å². The van der Waals surface area contributed by atoms with Gasteiger partial charge in [-0.25, -0.2) is 0 Å². The highest BCUT2D eigenvalue weighted by Gasteiger charge is 2.21. The largest absolute Gasteiger partial charge is 0.282 e. The Morgan fingerprint density at radius 1 is 1.04 bits per heavy atom. The molecule has 0 aliphatic heterocycles. The predicted octanol–water partition coefficient (Wildman–Crippen LogP) is 3.00. The molecule has 0 unspecified atom stereocenters. The van der Waals surface area contributed by atoms with Crippen LogP contribution in [0.15, 0.2) is 30.3 Å². The number of carbonyl (C=O) groups excluding carboxylic acids is 2. The molecule has 130 valence electrons. The van der Waals surface area contributed by atoms with Gasteiger partial charge < -0.3 is 0 Å². The fourth-order valence-electron chi connectivity index (χ4n) is 2.85. The number of hydrogen-bond acceptors (Lipinski definition) is 5. The van der Waals surface area contributed by atoms with Gasteiger partial charge >= 0.3 is 0 Å². The minimum atomic E-state index is -0.723. The van der Waals surface area contributed by atoms with E-state index in [0.717, 1.165) is 25.7 Å². The first-order chi connectivity index (χ1) is 12.1. The number of thiophene rings is 1.